The first kappa shape index (κ1) is 13.1. The number of hydrogen-bond acceptors (Lipinski definition) is 3. The summed E-state index contributed by atoms with van der Waals surface area (Å²) >= 11 is 7.09. The van der Waals surface area contributed by atoms with E-state index in [1.165, 1.54) is 19.8 Å². The van der Waals surface area contributed by atoms with Crippen molar-refractivity contribution in [3.63, 3.8) is 0 Å². The number of halogens is 1. The van der Waals surface area contributed by atoms with Gasteiger partial charge in [0.25, 0.3) is 0 Å². The van der Waals surface area contributed by atoms with Gasteiger partial charge in [0, 0.05) is 27.3 Å². The van der Waals surface area contributed by atoms with E-state index >= 15 is 0 Å². The van der Waals surface area contributed by atoms with Gasteiger partial charge < -0.3 is 5.32 Å². The fraction of sp³-hybridized carbons (Fsp3) is 0.231. The van der Waals surface area contributed by atoms with Crippen LogP contribution < -0.4 is 5.32 Å². The van der Waals surface area contributed by atoms with Gasteiger partial charge in [-0.2, -0.15) is 0 Å². The van der Waals surface area contributed by atoms with Gasteiger partial charge in [-0.1, -0.05) is 12.1 Å². The molecule has 1 aromatic carbocycles. The summed E-state index contributed by atoms with van der Waals surface area (Å²) in [5.41, 5.74) is 1.33. The van der Waals surface area contributed by atoms with Gasteiger partial charge in [0.1, 0.15) is 0 Å². The molecule has 0 radical (unpaired) electrons. The highest BCUT2D eigenvalue weighted by molar-refractivity contribution is 9.10. The van der Waals surface area contributed by atoms with Crippen LogP contribution in [0.25, 0.3) is 0 Å². The fourth-order valence-electron chi connectivity index (χ4n) is 1.51. The predicted molar refractivity (Wildman–Crippen MR) is 80.8 cm³/mol. The quantitative estimate of drug-likeness (QED) is 0.810. The van der Waals surface area contributed by atoms with E-state index < -0.39 is 0 Å². The van der Waals surface area contributed by atoms with Crippen LogP contribution in [0.15, 0.2) is 45.1 Å². The molecule has 0 aliphatic heterocycles. The molecule has 0 unspecified atom stereocenters. The lowest BCUT2D eigenvalue weighted by Gasteiger charge is -2.05. The number of rotatable bonds is 5. The third kappa shape index (κ3) is 3.85. The Kier molecular flexibility index (Phi) is 5.10. The summed E-state index contributed by atoms with van der Waals surface area (Å²) in [5.74, 6) is 0. The van der Waals surface area contributed by atoms with Gasteiger partial charge in [-0.05, 0) is 51.3 Å². The summed E-state index contributed by atoms with van der Waals surface area (Å²) in [6.45, 7) is 1.83. The summed E-state index contributed by atoms with van der Waals surface area (Å²) in [6, 6.07) is 10.8. The Labute approximate surface area is 119 Å². The molecule has 0 fully saturated rings. The van der Waals surface area contributed by atoms with Gasteiger partial charge in [0.15, 0.2) is 0 Å². The van der Waals surface area contributed by atoms with Crippen LogP contribution in [0.2, 0.25) is 0 Å². The summed E-state index contributed by atoms with van der Waals surface area (Å²) in [5, 5.41) is 5.56. The number of thiophene rings is 1. The molecule has 1 aromatic heterocycles. The van der Waals surface area contributed by atoms with Crippen molar-refractivity contribution in [1.29, 1.82) is 0 Å². The molecule has 17 heavy (non-hydrogen) atoms. The highest BCUT2D eigenvalue weighted by atomic mass is 79.9. The fourth-order valence-corrected chi connectivity index (χ4v) is 3.39. The van der Waals surface area contributed by atoms with Crippen molar-refractivity contribution >= 4 is 39.0 Å². The first-order valence-electron chi connectivity index (χ1n) is 5.35. The molecule has 0 spiro atoms. The van der Waals surface area contributed by atoms with Crippen LogP contribution in [0, 0.1) is 0 Å². The zero-order valence-electron chi connectivity index (χ0n) is 9.57. The molecule has 90 valence electrons. The molecule has 1 nitrogen and oxygen atoms in total. The Morgan fingerprint density at radius 2 is 1.94 bits per heavy atom. The Balaban J connectivity index is 1.83. The van der Waals surface area contributed by atoms with Crippen LogP contribution in [-0.4, -0.2) is 6.26 Å². The number of hydrogen-bond donors (Lipinski definition) is 1. The maximum absolute atomic E-state index is 3.54. The average Bonchev–Trinajstić information content (AvgIpc) is 2.76. The van der Waals surface area contributed by atoms with Crippen LogP contribution in [0.5, 0.6) is 0 Å². The molecule has 1 heterocycles. The molecule has 4 heteroatoms. The van der Waals surface area contributed by atoms with E-state index in [4.69, 9.17) is 0 Å². The molecule has 0 saturated carbocycles. The van der Waals surface area contributed by atoms with E-state index in [1.807, 2.05) is 0 Å². The van der Waals surface area contributed by atoms with Crippen LogP contribution in [-0.2, 0) is 13.1 Å². The summed E-state index contributed by atoms with van der Waals surface area (Å²) < 4.78 is 1.20. The smallest absolute Gasteiger partial charge is 0.0327 e. The lowest BCUT2D eigenvalue weighted by molar-refractivity contribution is 0.699. The van der Waals surface area contributed by atoms with E-state index in [-0.39, 0.29) is 0 Å². The third-order valence-corrected chi connectivity index (χ3v) is 5.13. The molecule has 0 atom stereocenters. The highest BCUT2D eigenvalue weighted by Crippen LogP contribution is 2.22. The van der Waals surface area contributed by atoms with Gasteiger partial charge in [-0.15, -0.1) is 23.1 Å². The van der Waals surface area contributed by atoms with Gasteiger partial charge in [0.2, 0.25) is 0 Å². The van der Waals surface area contributed by atoms with Crippen molar-refractivity contribution in [2.75, 3.05) is 6.26 Å². The molecule has 0 saturated heterocycles. The molecule has 0 aliphatic carbocycles. The Bertz CT molecular complexity index is 465. The predicted octanol–water partition coefficient (Wildman–Crippen LogP) is 4.52. The summed E-state index contributed by atoms with van der Waals surface area (Å²) in [7, 11) is 0. The monoisotopic (exact) mass is 327 g/mol. The van der Waals surface area contributed by atoms with Gasteiger partial charge >= 0.3 is 0 Å². The topological polar surface area (TPSA) is 12.0 Å². The van der Waals surface area contributed by atoms with Crippen LogP contribution in [0.1, 0.15) is 10.4 Å². The largest absolute Gasteiger partial charge is 0.308 e. The van der Waals surface area contributed by atoms with Gasteiger partial charge in [0.05, 0.1) is 0 Å². The molecule has 0 aliphatic rings. The van der Waals surface area contributed by atoms with Gasteiger partial charge in [-0.25, -0.2) is 0 Å². The first-order valence-corrected chi connectivity index (χ1v) is 8.25. The lowest BCUT2D eigenvalue weighted by Crippen LogP contribution is -2.11. The normalized spacial score (nSPS) is 10.7. The molecule has 0 amide bonds. The third-order valence-electron chi connectivity index (χ3n) is 2.46. The number of thioether (sulfide) groups is 1. The van der Waals surface area contributed by atoms with Crippen LogP contribution in [0.3, 0.4) is 0 Å². The highest BCUT2D eigenvalue weighted by Gasteiger charge is 2.00. The van der Waals surface area contributed by atoms with E-state index in [1.54, 1.807) is 23.1 Å². The molecule has 2 rings (SSSR count). The molecule has 1 N–H and O–H groups in total. The molecular formula is C13H14BrNS2. The maximum Gasteiger partial charge on any atom is 0.0327 e. The standard InChI is InChI=1S/C13H14BrNS2/c1-16-11-4-2-10(3-5-11)8-15-9-13-12(14)6-7-17-13/h2-7,15H,8-9H2,1H3. The van der Waals surface area contributed by atoms with E-state index in [0.29, 0.717) is 0 Å². The number of nitrogens with one attached hydrogen (secondary N) is 1. The Morgan fingerprint density at radius 1 is 1.18 bits per heavy atom. The Morgan fingerprint density at radius 3 is 2.53 bits per heavy atom. The van der Waals surface area contributed by atoms with Crippen LogP contribution >= 0.6 is 39.0 Å². The minimum Gasteiger partial charge on any atom is -0.308 e. The molecule has 0 bridgehead atoms. The van der Waals surface area contributed by atoms with Crippen molar-refractivity contribution in [3.8, 4) is 0 Å². The van der Waals surface area contributed by atoms with E-state index in [9.17, 15) is 0 Å². The van der Waals surface area contributed by atoms with E-state index in [2.05, 4.69) is 63.2 Å². The Hall–Kier alpha value is -0.290. The second kappa shape index (κ2) is 6.59. The van der Waals surface area contributed by atoms with E-state index in [0.717, 1.165) is 13.1 Å². The maximum atomic E-state index is 3.54. The zero-order valence-corrected chi connectivity index (χ0v) is 12.8. The minimum absolute atomic E-state index is 0.916. The summed E-state index contributed by atoms with van der Waals surface area (Å²) in [4.78, 5) is 2.67. The average molecular weight is 328 g/mol. The minimum atomic E-state index is 0.916. The zero-order chi connectivity index (χ0) is 12.1. The lowest BCUT2D eigenvalue weighted by atomic mass is 10.2. The number of benzene rings is 1. The van der Waals surface area contributed by atoms with Crippen molar-refractivity contribution in [3.05, 3.63) is 50.6 Å². The van der Waals surface area contributed by atoms with Crippen molar-refractivity contribution in [1.82, 2.24) is 5.32 Å². The second-order valence-corrected chi connectivity index (χ2v) is 6.38. The van der Waals surface area contributed by atoms with Crippen molar-refractivity contribution in [2.24, 2.45) is 0 Å². The second-order valence-electron chi connectivity index (χ2n) is 3.64. The van der Waals surface area contributed by atoms with Crippen molar-refractivity contribution in [2.45, 2.75) is 18.0 Å². The summed E-state index contributed by atoms with van der Waals surface area (Å²) in [6.07, 6.45) is 2.10. The molecule has 2 aromatic rings. The first-order chi connectivity index (χ1) is 8.29. The van der Waals surface area contributed by atoms with Crippen LogP contribution in [0.4, 0.5) is 0 Å². The van der Waals surface area contributed by atoms with Crippen molar-refractivity contribution < 1.29 is 0 Å². The van der Waals surface area contributed by atoms with Gasteiger partial charge in [-0.3, -0.25) is 0 Å². The molecular weight excluding hydrogens is 314 g/mol. The SMILES string of the molecule is CSc1ccc(CNCc2sccc2Br)cc1.